The predicted molar refractivity (Wildman–Crippen MR) is 99.0 cm³/mol. The van der Waals surface area contributed by atoms with Gasteiger partial charge in [-0.2, -0.15) is 0 Å². The molecular weight excluding hydrogens is 292 g/mol. The third kappa shape index (κ3) is 10.4. The normalized spacial score (nSPS) is 8.59. The van der Waals surface area contributed by atoms with E-state index in [1.54, 1.807) is 0 Å². The minimum absolute atomic E-state index is 0. The number of aromatic nitrogens is 2. The Bertz CT molecular complexity index is 472. The third-order valence-electron chi connectivity index (χ3n) is 2.71. The molecule has 0 bridgehead atoms. The van der Waals surface area contributed by atoms with Gasteiger partial charge >= 0.3 is 0 Å². The lowest BCUT2D eigenvalue weighted by Crippen LogP contribution is -2.03. The summed E-state index contributed by atoms with van der Waals surface area (Å²) in [6, 6.07) is 8.22. The van der Waals surface area contributed by atoms with Gasteiger partial charge in [-0.15, -0.1) is 12.4 Å². The zero-order valence-electron chi connectivity index (χ0n) is 14.0. The van der Waals surface area contributed by atoms with Gasteiger partial charge in [0, 0.05) is 30.2 Å². The molecule has 2 heterocycles. The van der Waals surface area contributed by atoms with E-state index >= 15 is 0 Å². The van der Waals surface area contributed by atoms with Crippen molar-refractivity contribution in [3.63, 3.8) is 0 Å². The number of rotatable bonds is 3. The molecule has 0 aliphatic carbocycles. The summed E-state index contributed by atoms with van der Waals surface area (Å²) >= 11 is 0. The first-order chi connectivity index (χ1) is 10.2. The maximum absolute atomic E-state index is 5.36. The van der Waals surface area contributed by atoms with E-state index in [9.17, 15) is 0 Å². The molecule has 0 saturated carbocycles. The minimum Gasteiger partial charge on any atom is -0.330 e. The van der Waals surface area contributed by atoms with Crippen LogP contribution in [0, 0.1) is 13.8 Å². The topological polar surface area (TPSA) is 51.8 Å². The molecule has 5 heteroatoms. The summed E-state index contributed by atoms with van der Waals surface area (Å²) in [6.07, 6.45) is 5.67. The van der Waals surface area contributed by atoms with E-state index in [1.165, 1.54) is 23.6 Å². The van der Waals surface area contributed by atoms with E-state index in [0.29, 0.717) is 6.54 Å². The van der Waals surface area contributed by atoms with Crippen LogP contribution in [0.1, 0.15) is 29.4 Å². The summed E-state index contributed by atoms with van der Waals surface area (Å²) in [5, 5.41) is 0. The fourth-order valence-electron chi connectivity index (χ4n) is 1.50. The molecule has 2 aromatic heterocycles. The van der Waals surface area contributed by atoms with Gasteiger partial charge in [-0.05, 0) is 50.1 Å². The SMILES string of the molecule is CCc1ccc(C)cn1.Cc1ccc(CCN)nc1.Cl.[B]C. The quantitative estimate of drug-likeness (QED) is 0.881. The monoisotopic (exact) mass is 319 g/mol. The molecule has 0 fully saturated rings. The molecule has 0 aliphatic rings. The Morgan fingerprint density at radius 3 is 1.68 bits per heavy atom. The summed E-state index contributed by atoms with van der Waals surface area (Å²) < 4.78 is 0. The second-order valence-electron chi connectivity index (χ2n) is 4.55. The average Bonchev–Trinajstić information content (AvgIpc) is 2.53. The lowest BCUT2D eigenvalue weighted by molar-refractivity contribution is 0.920. The van der Waals surface area contributed by atoms with Gasteiger partial charge in [-0.25, -0.2) is 0 Å². The third-order valence-corrected chi connectivity index (χ3v) is 2.71. The predicted octanol–water partition coefficient (Wildman–Crippen LogP) is 3.47. The van der Waals surface area contributed by atoms with Gasteiger partial charge in [-0.3, -0.25) is 9.97 Å². The Morgan fingerprint density at radius 2 is 1.36 bits per heavy atom. The van der Waals surface area contributed by atoms with E-state index in [4.69, 9.17) is 5.73 Å². The largest absolute Gasteiger partial charge is 0.330 e. The zero-order chi connectivity index (χ0) is 16.1. The minimum atomic E-state index is 0. The highest BCUT2D eigenvalue weighted by atomic mass is 35.5. The van der Waals surface area contributed by atoms with Crippen LogP contribution in [-0.4, -0.2) is 24.4 Å². The number of pyridine rings is 2. The number of nitrogens with two attached hydrogens (primary N) is 1. The molecule has 3 nitrogen and oxygen atoms in total. The molecule has 0 unspecified atom stereocenters. The molecule has 2 radical (unpaired) electrons. The Labute approximate surface area is 142 Å². The Hall–Kier alpha value is -1.39. The van der Waals surface area contributed by atoms with E-state index in [1.807, 2.05) is 32.3 Å². The highest BCUT2D eigenvalue weighted by molar-refractivity contribution is 6.05. The molecule has 0 spiro atoms. The Morgan fingerprint density at radius 1 is 0.909 bits per heavy atom. The van der Waals surface area contributed by atoms with Crippen LogP contribution in [0.25, 0.3) is 0 Å². The van der Waals surface area contributed by atoms with Crippen molar-refractivity contribution in [2.75, 3.05) is 6.54 Å². The smallest absolute Gasteiger partial charge is 0.0606 e. The lowest BCUT2D eigenvalue weighted by atomic mass is 10.2. The first kappa shape index (κ1) is 22.9. The van der Waals surface area contributed by atoms with Crippen LogP contribution in [-0.2, 0) is 12.8 Å². The first-order valence-corrected chi connectivity index (χ1v) is 7.26. The molecule has 22 heavy (non-hydrogen) atoms. The Balaban J connectivity index is 0. The van der Waals surface area contributed by atoms with Crippen molar-refractivity contribution in [3.05, 3.63) is 59.2 Å². The van der Waals surface area contributed by atoms with Gasteiger partial charge < -0.3 is 5.73 Å². The Kier molecular flexibility index (Phi) is 15.1. The molecule has 0 amide bonds. The highest BCUT2D eigenvalue weighted by Crippen LogP contribution is 1.98. The summed E-state index contributed by atoms with van der Waals surface area (Å²) in [6.45, 7) is 8.36. The van der Waals surface area contributed by atoms with Gasteiger partial charge in [-0.1, -0.05) is 25.9 Å². The second-order valence-corrected chi connectivity index (χ2v) is 4.55. The fourth-order valence-corrected chi connectivity index (χ4v) is 1.50. The number of nitrogens with zero attached hydrogens (tertiary/aromatic N) is 2. The van der Waals surface area contributed by atoms with E-state index in [0.717, 1.165) is 18.5 Å². The molecule has 0 aromatic carbocycles. The van der Waals surface area contributed by atoms with Crippen molar-refractivity contribution >= 4 is 20.3 Å². The van der Waals surface area contributed by atoms with Gasteiger partial charge in [0.2, 0.25) is 0 Å². The maximum Gasteiger partial charge on any atom is 0.0606 e. The highest BCUT2D eigenvalue weighted by Gasteiger charge is 1.89. The first-order valence-electron chi connectivity index (χ1n) is 7.26. The number of hydrogen-bond donors (Lipinski definition) is 1. The zero-order valence-corrected chi connectivity index (χ0v) is 14.9. The molecule has 2 aromatic rings. The average molecular weight is 320 g/mol. The van der Waals surface area contributed by atoms with E-state index < -0.39 is 0 Å². The lowest BCUT2D eigenvalue weighted by Gasteiger charge is -1.96. The summed E-state index contributed by atoms with van der Waals surface area (Å²) in [5.74, 6) is 0. The van der Waals surface area contributed by atoms with Crippen LogP contribution in [0.4, 0.5) is 0 Å². The van der Waals surface area contributed by atoms with Crippen LogP contribution in [0.2, 0.25) is 6.82 Å². The fraction of sp³-hybridized carbons (Fsp3) is 0.412. The number of halogens is 1. The van der Waals surface area contributed by atoms with Crippen molar-refractivity contribution in [2.24, 2.45) is 5.73 Å². The number of aryl methyl sites for hydroxylation is 3. The molecule has 2 N–H and O–H groups in total. The van der Waals surface area contributed by atoms with Crippen LogP contribution >= 0.6 is 12.4 Å². The van der Waals surface area contributed by atoms with Crippen LogP contribution < -0.4 is 5.73 Å². The second kappa shape index (κ2) is 14.5. The van der Waals surface area contributed by atoms with Gasteiger partial charge in [0.15, 0.2) is 0 Å². The molecular formula is C17H27BClN3. The van der Waals surface area contributed by atoms with Crippen molar-refractivity contribution in [1.82, 2.24) is 9.97 Å². The van der Waals surface area contributed by atoms with Crippen molar-refractivity contribution in [2.45, 2.75) is 40.4 Å². The summed E-state index contributed by atoms with van der Waals surface area (Å²) in [7, 11) is 4.50. The van der Waals surface area contributed by atoms with Crippen LogP contribution in [0.15, 0.2) is 36.7 Å². The van der Waals surface area contributed by atoms with Gasteiger partial charge in [0.1, 0.15) is 0 Å². The standard InChI is InChI=1S/C8H12N2.C8H11N.CH3B.ClH/c1-7-2-3-8(4-5-9)10-6-7;1-3-8-5-4-7(2)6-9-8;1-2;/h2-3,6H,4-5,9H2,1H3;4-6H,3H2,1-2H3;1H3;1H. The van der Waals surface area contributed by atoms with E-state index in [-0.39, 0.29) is 12.4 Å². The number of hydrogen-bond acceptors (Lipinski definition) is 3. The van der Waals surface area contributed by atoms with Crippen LogP contribution in [0.3, 0.4) is 0 Å². The van der Waals surface area contributed by atoms with Crippen molar-refractivity contribution in [1.29, 1.82) is 0 Å². The summed E-state index contributed by atoms with van der Waals surface area (Å²) in [4.78, 5) is 8.38. The molecule has 0 atom stereocenters. The van der Waals surface area contributed by atoms with Crippen molar-refractivity contribution < 1.29 is 0 Å². The maximum atomic E-state index is 5.36. The van der Waals surface area contributed by atoms with E-state index in [2.05, 4.69) is 42.9 Å². The molecule has 0 saturated heterocycles. The molecule has 0 aliphatic heterocycles. The molecule has 120 valence electrons. The summed E-state index contributed by atoms with van der Waals surface area (Å²) in [5.41, 5.74) is 10.0. The van der Waals surface area contributed by atoms with Crippen molar-refractivity contribution in [3.8, 4) is 0 Å². The van der Waals surface area contributed by atoms with Gasteiger partial charge in [0.25, 0.3) is 0 Å². The van der Waals surface area contributed by atoms with Gasteiger partial charge in [0.05, 0.1) is 7.85 Å². The molecule has 2 rings (SSSR count). The van der Waals surface area contributed by atoms with Crippen LogP contribution in [0.5, 0.6) is 0 Å².